The van der Waals surface area contributed by atoms with Gasteiger partial charge in [0.1, 0.15) is 0 Å². The van der Waals surface area contributed by atoms with Gasteiger partial charge in [0, 0.05) is 11.6 Å². The van der Waals surface area contributed by atoms with Crippen LogP contribution in [0.2, 0.25) is 5.02 Å². The number of benzene rings is 3. The molecule has 7 heteroatoms. The lowest BCUT2D eigenvalue weighted by Crippen LogP contribution is -2.43. The molecule has 0 fully saturated rings. The van der Waals surface area contributed by atoms with E-state index in [1.807, 2.05) is 12.1 Å². The number of hydrogen-bond donors (Lipinski definition) is 2. The number of amides is 1. The van der Waals surface area contributed by atoms with Crippen molar-refractivity contribution in [3.05, 3.63) is 94.5 Å². The van der Waals surface area contributed by atoms with Crippen molar-refractivity contribution in [2.75, 3.05) is 6.79 Å². The van der Waals surface area contributed by atoms with E-state index in [9.17, 15) is 9.90 Å². The molecule has 29 heavy (non-hydrogen) atoms. The monoisotopic (exact) mass is 408 g/mol. The van der Waals surface area contributed by atoms with E-state index in [1.54, 1.807) is 60.7 Å². The minimum Gasteiger partial charge on any atom is -0.454 e. The minimum atomic E-state index is -1.90. The number of hydrogen-bond acceptors (Lipinski definition) is 5. The first-order chi connectivity index (χ1) is 14.1. The molecule has 0 radical (unpaired) electrons. The molecule has 3 aromatic rings. The van der Waals surface area contributed by atoms with E-state index in [0.29, 0.717) is 33.2 Å². The maximum atomic E-state index is 13.0. The van der Waals surface area contributed by atoms with Crippen LogP contribution in [0.4, 0.5) is 0 Å². The molecule has 0 saturated heterocycles. The maximum Gasteiger partial charge on any atom is 0.281 e. The van der Waals surface area contributed by atoms with Gasteiger partial charge in [0.2, 0.25) is 6.79 Å². The second-order valence-corrected chi connectivity index (χ2v) is 6.78. The van der Waals surface area contributed by atoms with Gasteiger partial charge in [-0.15, -0.1) is 0 Å². The third-order valence-electron chi connectivity index (χ3n) is 4.57. The number of fused-ring (bicyclic) bond motifs is 1. The average molecular weight is 409 g/mol. The Labute approximate surface area is 172 Å². The van der Waals surface area contributed by atoms with Crippen molar-refractivity contribution < 1.29 is 19.4 Å². The average Bonchev–Trinajstić information content (AvgIpc) is 3.21. The van der Waals surface area contributed by atoms with Crippen molar-refractivity contribution in [1.82, 2.24) is 5.43 Å². The highest BCUT2D eigenvalue weighted by atomic mass is 35.5. The lowest BCUT2D eigenvalue weighted by Gasteiger charge is -2.27. The van der Waals surface area contributed by atoms with Gasteiger partial charge >= 0.3 is 0 Å². The molecule has 0 atom stereocenters. The van der Waals surface area contributed by atoms with Gasteiger partial charge in [-0.1, -0.05) is 72.3 Å². The number of halogens is 1. The Morgan fingerprint density at radius 2 is 1.55 bits per heavy atom. The normalized spacial score (nSPS) is 12.9. The van der Waals surface area contributed by atoms with Crippen molar-refractivity contribution in [3.63, 3.8) is 0 Å². The molecule has 0 unspecified atom stereocenters. The summed E-state index contributed by atoms with van der Waals surface area (Å²) in [5.41, 5.74) is 1.91. The summed E-state index contributed by atoms with van der Waals surface area (Å²) in [7, 11) is 0. The quantitative estimate of drug-likeness (QED) is 0.500. The van der Waals surface area contributed by atoms with Crippen LogP contribution in [0.15, 0.2) is 77.9 Å². The summed E-state index contributed by atoms with van der Waals surface area (Å²) in [6.45, 7) is 0.129. The summed E-state index contributed by atoms with van der Waals surface area (Å²) in [6, 6.07) is 20.7. The zero-order chi connectivity index (χ0) is 20.3. The van der Waals surface area contributed by atoms with Crippen LogP contribution in [0, 0.1) is 0 Å². The molecule has 6 nitrogen and oxygen atoms in total. The van der Waals surface area contributed by atoms with Crippen LogP contribution in [0.5, 0.6) is 11.5 Å². The molecule has 0 saturated carbocycles. The number of hydrazone groups is 1. The Kier molecular flexibility index (Phi) is 5.20. The number of carbonyl (C=O) groups is 1. The first-order valence-electron chi connectivity index (χ1n) is 8.85. The lowest BCUT2D eigenvalue weighted by atomic mass is 9.85. The highest BCUT2D eigenvalue weighted by molar-refractivity contribution is 6.33. The first kappa shape index (κ1) is 19.0. The van der Waals surface area contributed by atoms with Crippen LogP contribution < -0.4 is 14.9 Å². The lowest BCUT2D eigenvalue weighted by molar-refractivity contribution is -0.136. The van der Waals surface area contributed by atoms with Gasteiger partial charge in [0.15, 0.2) is 17.1 Å². The third-order valence-corrected chi connectivity index (χ3v) is 4.90. The summed E-state index contributed by atoms with van der Waals surface area (Å²) in [5, 5.41) is 15.7. The molecule has 146 valence electrons. The molecule has 4 rings (SSSR count). The molecule has 0 aromatic heterocycles. The van der Waals surface area contributed by atoms with Gasteiger partial charge in [-0.25, -0.2) is 5.43 Å². The van der Waals surface area contributed by atoms with Crippen LogP contribution >= 0.6 is 11.6 Å². The molecule has 0 aliphatic carbocycles. The fraction of sp³-hybridized carbons (Fsp3) is 0.0909. The Balaban J connectivity index is 1.60. The van der Waals surface area contributed by atoms with Crippen LogP contribution in [0.25, 0.3) is 0 Å². The predicted molar refractivity (Wildman–Crippen MR) is 109 cm³/mol. The van der Waals surface area contributed by atoms with E-state index in [1.165, 1.54) is 6.21 Å². The number of ether oxygens (including phenoxy) is 2. The smallest absolute Gasteiger partial charge is 0.281 e. The zero-order valence-corrected chi connectivity index (χ0v) is 16.0. The molecule has 1 heterocycles. The predicted octanol–water partition coefficient (Wildman–Crippen LogP) is 3.45. The molecular weight excluding hydrogens is 392 g/mol. The summed E-state index contributed by atoms with van der Waals surface area (Å²) in [4.78, 5) is 13.0. The molecule has 0 bridgehead atoms. The molecule has 1 aliphatic rings. The maximum absolute atomic E-state index is 13.0. The van der Waals surface area contributed by atoms with Crippen LogP contribution in [-0.4, -0.2) is 24.0 Å². The van der Waals surface area contributed by atoms with E-state index in [-0.39, 0.29) is 6.79 Å². The number of carbonyl (C=O) groups excluding carboxylic acids is 1. The molecule has 0 spiro atoms. The van der Waals surface area contributed by atoms with Crippen LogP contribution in [-0.2, 0) is 10.4 Å². The summed E-state index contributed by atoms with van der Waals surface area (Å²) >= 11 is 6.22. The van der Waals surface area contributed by atoms with E-state index < -0.39 is 11.5 Å². The minimum absolute atomic E-state index is 0.129. The SMILES string of the molecule is O=C(NN=Cc1cc2c(cc1Cl)OCO2)C(O)(c1ccccc1)c1ccccc1. The summed E-state index contributed by atoms with van der Waals surface area (Å²) in [5.74, 6) is 0.411. The van der Waals surface area contributed by atoms with Crippen molar-refractivity contribution in [2.24, 2.45) is 5.10 Å². The highest BCUT2D eigenvalue weighted by Gasteiger charge is 2.39. The van der Waals surface area contributed by atoms with Gasteiger partial charge in [-0.3, -0.25) is 4.79 Å². The van der Waals surface area contributed by atoms with Gasteiger partial charge in [-0.2, -0.15) is 5.10 Å². The van der Waals surface area contributed by atoms with E-state index in [4.69, 9.17) is 21.1 Å². The van der Waals surface area contributed by atoms with Gasteiger partial charge in [-0.05, 0) is 17.2 Å². The standard InChI is InChI=1S/C22H17ClN2O4/c23-18-12-20-19(28-14-29-20)11-15(18)13-24-25-21(26)22(27,16-7-3-1-4-8-16)17-9-5-2-6-10-17/h1-13,27H,14H2,(H,25,26). The Morgan fingerprint density at radius 3 is 2.14 bits per heavy atom. The van der Waals surface area contributed by atoms with Crippen molar-refractivity contribution in [3.8, 4) is 11.5 Å². The Bertz CT molecular complexity index is 1020. The van der Waals surface area contributed by atoms with Gasteiger partial charge in [0.05, 0.1) is 11.2 Å². The number of aliphatic hydroxyl groups is 1. The van der Waals surface area contributed by atoms with Crippen molar-refractivity contribution >= 4 is 23.7 Å². The first-order valence-corrected chi connectivity index (χ1v) is 9.23. The van der Waals surface area contributed by atoms with E-state index >= 15 is 0 Å². The fourth-order valence-corrected chi connectivity index (χ4v) is 3.26. The van der Waals surface area contributed by atoms with Crippen LogP contribution in [0.3, 0.4) is 0 Å². The summed E-state index contributed by atoms with van der Waals surface area (Å²) < 4.78 is 10.6. The summed E-state index contributed by atoms with van der Waals surface area (Å²) in [6.07, 6.45) is 1.39. The third kappa shape index (κ3) is 3.68. The van der Waals surface area contributed by atoms with Gasteiger partial charge in [0.25, 0.3) is 5.91 Å². The second kappa shape index (κ2) is 7.95. The Hall–Kier alpha value is -3.35. The molecule has 1 aliphatic heterocycles. The largest absolute Gasteiger partial charge is 0.454 e. The van der Waals surface area contributed by atoms with Crippen molar-refractivity contribution in [1.29, 1.82) is 0 Å². The molecule has 3 aromatic carbocycles. The molecular formula is C22H17ClN2O4. The number of rotatable bonds is 5. The second-order valence-electron chi connectivity index (χ2n) is 6.37. The zero-order valence-electron chi connectivity index (χ0n) is 15.2. The van der Waals surface area contributed by atoms with E-state index in [0.717, 1.165) is 0 Å². The van der Waals surface area contributed by atoms with Crippen molar-refractivity contribution in [2.45, 2.75) is 5.60 Å². The molecule has 1 amide bonds. The Morgan fingerprint density at radius 1 is 1.00 bits per heavy atom. The van der Waals surface area contributed by atoms with E-state index in [2.05, 4.69) is 10.5 Å². The van der Waals surface area contributed by atoms with Crippen LogP contribution in [0.1, 0.15) is 16.7 Å². The topological polar surface area (TPSA) is 80.2 Å². The highest BCUT2D eigenvalue weighted by Crippen LogP contribution is 2.36. The number of nitrogens with zero attached hydrogens (tertiary/aromatic N) is 1. The number of nitrogens with one attached hydrogen (secondary N) is 1. The fourth-order valence-electron chi connectivity index (χ4n) is 3.06. The van der Waals surface area contributed by atoms with Gasteiger partial charge < -0.3 is 14.6 Å². The molecule has 2 N–H and O–H groups in total.